The highest BCUT2D eigenvalue weighted by molar-refractivity contribution is 5.89. The average Bonchev–Trinajstić information content (AvgIpc) is 2.75. The second-order valence-electron chi connectivity index (χ2n) is 4.79. The molecule has 2 aromatic rings. The molecule has 0 bridgehead atoms. The smallest absolute Gasteiger partial charge is 0.326 e. The van der Waals surface area contributed by atoms with Gasteiger partial charge in [0, 0.05) is 30.1 Å². The van der Waals surface area contributed by atoms with Crippen molar-refractivity contribution in [2.45, 2.75) is 19.4 Å². The van der Waals surface area contributed by atoms with Crippen molar-refractivity contribution in [2.24, 2.45) is 0 Å². The number of hydrogen-bond donors (Lipinski definition) is 3. The van der Waals surface area contributed by atoms with E-state index < -0.39 is 12.0 Å². The van der Waals surface area contributed by atoms with Crippen LogP contribution in [0, 0.1) is 0 Å². The van der Waals surface area contributed by atoms with Crippen molar-refractivity contribution in [1.29, 1.82) is 0 Å². The van der Waals surface area contributed by atoms with Crippen molar-refractivity contribution >= 4 is 22.8 Å². The Bertz CT molecular complexity index is 705. The summed E-state index contributed by atoms with van der Waals surface area (Å²) in [6.45, 7) is 1.95. The fourth-order valence-corrected chi connectivity index (χ4v) is 2.65. The van der Waals surface area contributed by atoms with E-state index in [1.807, 2.05) is 0 Å². The minimum Gasteiger partial charge on any atom is -0.480 e. The molecular formula is C14H14N2O4. The van der Waals surface area contributed by atoms with Gasteiger partial charge in [0.25, 0.3) is 0 Å². The van der Waals surface area contributed by atoms with Gasteiger partial charge >= 0.3 is 11.9 Å². The van der Waals surface area contributed by atoms with Gasteiger partial charge in [-0.05, 0) is 30.2 Å². The first-order valence-corrected chi connectivity index (χ1v) is 6.35. The average molecular weight is 274 g/mol. The first-order chi connectivity index (χ1) is 9.56. The molecule has 6 heteroatoms. The van der Waals surface area contributed by atoms with Crippen LogP contribution in [0.15, 0.2) is 18.2 Å². The molecule has 0 aliphatic carbocycles. The van der Waals surface area contributed by atoms with E-state index in [1.54, 1.807) is 18.2 Å². The van der Waals surface area contributed by atoms with E-state index in [2.05, 4.69) is 10.3 Å². The number of ether oxygens (including phenoxy) is 1. The minimum absolute atomic E-state index is 0.376. The Balaban J connectivity index is 2.12. The number of aliphatic carboxylic acids is 1. The summed E-state index contributed by atoms with van der Waals surface area (Å²) in [5, 5.41) is 13.1. The van der Waals surface area contributed by atoms with E-state index in [1.165, 1.54) is 6.92 Å². The number of carbonyl (C=O) groups is 2. The number of carbonyl (C=O) groups excluding carboxylic acids is 1. The zero-order chi connectivity index (χ0) is 14.3. The zero-order valence-corrected chi connectivity index (χ0v) is 10.9. The topological polar surface area (TPSA) is 91.4 Å². The molecule has 2 heterocycles. The molecule has 1 aromatic carbocycles. The summed E-state index contributed by atoms with van der Waals surface area (Å²) in [6.07, 6.45) is 0.739. The van der Waals surface area contributed by atoms with Gasteiger partial charge < -0.3 is 14.8 Å². The monoisotopic (exact) mass is 274 g/mol. The van der Waals surface area contributed by atoms with Crippen LogP contribution < -0.4 is 10.1 Å². The van der Waals surface area contributed by atoms with Gasteiger partial charge in [-0.15, -0.1) is 0 Å². The van der Waals surface area contributed by atoms with Crippen molar-refractivity contribution in [2.75, 3.05) is 6.54 Å². The molecule has 0 fully saturated rings. The molecule has 1 aliphatic rings. The lowest BCUT2D eigenvalue weighted by molar-refractivity contribution is -0.140. The Labute approximate surface area is 114 Å². The molecular weight excluding hydrogens is 260 g/mol. The van der Waals surface area contributed by atoms with Crippen LogP contribution in [-0.2, 0) is 16.0 Å². The predicted molar refractivity (Wildman–Crippen MR) is 71.7 cm³/mol. The molecule has 0 radical (unpaired) electrons. The molecule has 0 spiro atoms. The number of hydrogen-bond acceptors (Lipinski definition) is 4. The van der Waals surface area contributed by atoms with Gasteiger partial charge in [0.05, 0.1) is 0 Å². The van der Waals surface area contributed by atoms with Crippen molar-refractivity contribution in [3.8, 4) is 5.75 Å². The molecule has 3 rings (SSSR count). The Morgan fingerprint density at radius 3 is 2.90 bits per heavy atom. The van der Waals surface area contributed by atoms with Gasteiger partial charge in [0.15, 0.2) is 0 Å². The second kappa shape index (κ2) is 4.64. The summed E-state index contributed by atoms with van der Waals surface area (Å²) in [5.41, 5.74) is 2.50. The number of carboxylic acid groups (broad SMARTS) is 1. The maximum atomic E-state index is 11.3. The maximum Gasteiger partial charge on any atom is 0.326 e. The number of benzene rings is 1. The molecule has 1 atom stereocenters. The third-order valence-electron chi connectivity index (χ3n) is 3.43. The predicted octanol–water partition coefficient (Wildman–Crippen LogP) is 1.36. The van der Waals surface area contributed by atoms with Gasteiger partial charge in [-0.3, -0.25) is 14.9 Å². The highest BCUT2D eigenvalue weighted by Crippen LogP contribution is 2.32. The van der Waals surface area contributed by atoms with Gasteiger partial charge in [0.1, 0.15) is 11.8 Å². The summed E-state index contributed by atoms with van der Waals surface area (Å²) < 4.78 is 5.07. The largest absolute Gasteiger partial charge is 0.480 e. The van der Waals surface area contributed by atoms with Crippen LogP contribution in [0.5, 0.6) is 5.75 Å². The number of aromatic amines is 1. The fraction of sp³-hybridized carbons (Fsp3) is 0.286. The van der Waals surface area contributed by atoms with E-state index in [-0.39, 0.29) is 5.97 Å². The second-order valence-corrected chi connectivity index (χ2v) is 4.79. The third kappa shape index (κ3) is 2.04. The van der Waals surface area contributed by atoms with Crippen LogP contribution in [-0.4, -0.2) is 28.6 Å². The van der Waals surface area contributed by atoms with Gasteiger partial charge in [0.2, 0.25) is 0 Å². The number of rotatable bonds is 2. The number of H-pyrrole nitrogens is 1. The van der Waals surface area contributed by atoms with Crippen molar-refractivity contribution < 1.29 is 19.4 Å². The number of aromatic nitrogens is 1. The van der Waals surface area contributed by atoms with Crippen LogP contribution in [0.2, 0.25) is 0 Å². The molecule has 1 aromatic heterocycles. The summed E-state index contributed by atoms with van der Waals surface area (Å²) >= 11 is 0. The van der Waals surface area contributed by atoms with Gasteiger partial charge in [-0.1, -0.05) is 0 Å². The lowest BCUT2D eigenvalue weighted by Crippen LogP contribution is -2.34. The Morgan fingerprint density at radius 1 is 1.40 bits per heavy atom. The van der Waals surface area contributed by atoms with Crippen molar-refractivity contribution in [3.63, 3.8) is 0 Å². The van der Waals surface area contributed by atoms with Gasteiger partial charge in [-0.2, -0.15) is 0 Å². The lowest BCUT2D eigenvalue weighted by atomic mass is 9.99. The number of fused-ring (bicyclic) bond motifs is 3. The molecule has 20 heavy (non-hydrogen) atoms. The van der Waals surface area contributed by atoms with Gasteiger partial charge in [-0.25, -0.2) is 0 Å². The van der Waals surface area contributed by atoms with E-state index in [0.717, 1.165) is 22.9 Å². The fourth-order valence-electron chi connectivity index (χ4n) is 2.65. The van der Waals surface area contributed by atoms with Crippen LogP contribution >= 0.6 is 0 Å². The first-order valence-electron chi connectivity index (χ1n) is 6.35. The van der Waals surface area contributed by atoms with E-state index in [4.69, 9.17) is 4.74 Å². The summed E-state index contributed by atoms with van der Waals surface area (Å²) in [4.78, 5) is 25.4. The number of esters is 1. The molecule has 1 unspecified atom stereocenters. The summed E-state index contributed by atoms with van der Waals surface area (Å²) in [7, 11) is 0. The molecule has 0 saturated heterocycles. The molecule has 3 N–H and O–H groups in total. The quantitative estimate of drug-likeness (QED) is 0.568. The third-order valence-corrected chi connectivity index (χ3v) is 3.43. The minimum atomic E-state index is -0.905. The normalized spacial score (nSPS) is 17.8. The molecule has 0 saturated carbocycles. The molecule has 1 aliphatic heterocycles. The van der Waals surface area contributed by atoms with Crippen molar-refractivity contribution in [3.05, 3.63) is 29.5 Å². The van der Waals surface area contributed by atoms with Crippen LogP contribution in [0.3, 0.4) is 0 Å². The summed E-state index contributed by atoms with van der Waals surface area (Å²) in [5.74, 6) is -0.811. The summed E-state index contributed by atoms with van der Waals surface area (Å²) in [6, 6.07) is 4.54. The van der Waals surface area contributed by atoms with E-state index >= 15 is 0 Å². The molecule has 104 valence electrons. The molecule has 6 nitrogen and oxygen atoms in total. The van der Waals surface area contributed by atoms with Crippen molar-refractivity contribution in [1.82, 2.24) is 10.3 Å². The highest BCUT2D eigenvalue weighted by atomic mass is 16.5. The van der Waals surface area contributed by atoms with Crippen LogP contribution in [0.25, 0.3) is 10.9 Å². The maximum absolute atomic E-state index is 11.3. The SMILES string of the molecule is CC(=O)Oc1ccc2[nH]c3c(c2c1)CCNC3C(=O)O. The number of carboxylic acids is 1. The Hall–Kier alpha value is -2.34. The molecule has 0 amide bonds. The Kier molecular flexibility index (Phi) is 2.94. The lowest BCUT2D eigenvalue weighted by Gasteiger charge is -2.20. The highest BCUT2D eigenvalue weighted by Gasteiger charge is 2.29. The van der Waals surface area contributed by atoms with E-state index in [0.29, 0.717) is 18.0 Å². The van der Waals surface area contributed by atoms with E-state index in [9.17, 15) is 14.7 Å². The zero-order valence-electron chi connectivity index (χ0n) is 10.9. The first kappa shape index (κ1) is 12.7. The Morgan fingerprint density at radius 2 is 2.20 bits per heavy atom. The van der Waals surface area contributed by atoms with Crippen LogP contribution in [0.1, 0.15) is 24.2 Å². The number of nitrogens with one attached hydrogen (secondary N) is 2. The standard InChI is InChI=1S/C14H14N2O4/c1-7(17)20-8-2-3-11-10(6-8)9-4-5-15-13(14(18)19)12(9)16-11/h2-3,6,13,15-16H,4-5H2,1H3,(H,18,19). The van der Waals surface area contributed by atoms with Crippen LogP contribution in [0.4, 0.5) is 0 Å².